The summed E-state index contributed by atoms with van der Waals surface area (Å²) in [4.78, 5) is 38.4. The number of imide groups is 1. The summed E-state index contributed by atoms with van der Waals surface area (Å²) in [6.07, 6.45) is 1.45. The summed E-state index contributed by atoms with van der Waals surface area (Å²) < 4.78 is 5.55. The first-order valence-electron chi connectivity index (χ1n) is 10.6. The molecule has 1 fully saturated rings. The maximum atomic E-state index is 12.8. The first-order chi connectivity index (χ1) is 14.9. The van der Waals surface area contributed by atoms with Gasteiger partial charge in [-0.1, -0.05) is 20.8 Å². The fourth-order valence-corrected chi connectivity index (χ4v) is 3.36. The van der Waals surface area contributed by atoms with Crippen LogP contribution in [0, 0.1) is 5.92 Å². The smallest absolute Gasteiger partial charge is 0.256 e. The van der Waals surface area contributed by atoms with E-state index in [0.717, 1.165) is 6.42 Å². The van der Waals surface area contributed by atoms with Crippen LogP contribution in [0.4, 0.5) is 17.1 Å². The summed E-state index contributed by atoms with van der Waals surface area (Å²) in [6, 6.07) is 13.4. The summed E-state index contributed by atoms with van der Waals surface area (Å²) in [5.74, 6) is 0.424. The van der Waals surface area contributed by atoms with Crippen LogP contribution in [0.25, 0.3) is 0 Å². The van der Waals surface area contributed by atoms with Crippen molar-refractivity contribution in [1.82, 2.24) is 0 Å². The molecule has 1 heterocycles. The minimum Gasteiger partial charge on any atom is -0.494 e. The topological polar surface area (TPSA) is 87.7 Å². The van der Waals surface area contributed by atoms with Crippen molar-refractivity contribution in [2.75, 3.05) is 22.1 Å². The van der Waals surface area contributed by atoms with Crippen LogP contribution in [-0.2, 0) is 14.4 Å². The van der Waals surface area contributed by atoms with Gasteiger partial charge in [0.15, 0.2) is 0 Å². The fraction of sp³-hybridized carbons (Fsp3) is 0.375. The minimum absolute atomic E-state index is 0.0333. The molecule has 1 saturated heterocycles. The normalized spacial score (nSPS) is 16.0. The van der Waals surface area contributed by atoms with Crippen molar-refractivity contribution in [2.24, 2.45) is 5.92 Å². The van der Waals surface area contributed by atoms with Crippen LogP contribution in [0.5, 0.6) is 5.75 Å². The first kappa shape index (κ1) is 22.3. The molecule has 3 amide bonds. The molecule has 0 bridgehead atoms. The van der Waals surface area contributed by atoms with Crippen molar-refractivity contribution < 1.29 is 19.1 Å². The van der Waals surface area contributed by atoms with Crippen molar-refractivity contribution in [3.8, 4) is 5.75 Å². The highest BCUT2D eigenvalue weighted by Crippen LogP contribution is 2.27. The lowest BCUT2D eigenvalue weighted by molar-refractivity contribution is -0.121. The van der Waals surface area contributed by atoms with E-state index >= 15 is 0 Å². The number of hydrogen-bond donors (Lipinski definition) is 2. The molecule has 164 valence electrons. The van der Waals surface area contributed by atoms with Crippen LogP contribution < -0.4 is 20.3 Å². The van der Waals surface area contributed by atoms with Crippen LogP contribution in [0.3, 0.4) is 0 Å². The van der Waals surface area contributed by atoms with Gasteiger partial charge in [0.1, 0.15) is 11.8 Å². The second-order valence-electron chi connectivity index (χ2n) is 8.03. The number of amides is 3. The molecule has 0 radical (unpaired) electrons. The summed E-state index contributed by atoms with van der Waals surface area (Å²) in [5, 5.41) is 5.97. The van der Waals surface area contributed by atoms with Gasteiger partial charge in [-0.3, -0.25) is 14.4 Å². The highest BCUT2D eigenvalue weighted by molar-refractivity contribution is 6.23. The minimum atomic E-state index is -0.634. The molecular formula is C24H29N3O4. The Kier molecular flexibility index (Phi) is 7.28. The first-order valence-corrected chi connectivity index (χ1v) is 10.6. The maximum absolute atomic E-state index is 12.8. The third-order valence-corrected chi connectivity index (χ3v) is 4.82. The molecule has 0 aliphatic carbocycles. The molecule has 0 aromatic heterocycles. The zero-order valence-corrected chi connectivity index (χ0v) is 18.2. The van der Waals surface area contributed by atoms with E-state index in [-0.39, 0.29) is 30.1 Å². The Morgan fingerprint density at radius 3 is 2.32 bits per heavy atom. The van der Waals surface area contributed by atoms with Gasteiger partial charge >= 0.3 is 0 Å². The summed E-state index contributed by atoms with van der Waals surface area (Å²) in [5.41, 5.74) is 1.93. The van der Waals surface area contributed by atoms with E-state index in [0.29, 0.717) is 35.8 Å². The number of anilines is 3. The molecule has 1 aliphatic heterocycles. The molecule has 2 N–H and O–H groups in total. The van der Waals surface area contributed by atoms with Crippen LogP contribution in [0.2, 0.25) is 0 Å². The summed E-state index contributed by atoms with van der Waals surface area (Å²) in [6.45, 7) is 6.63. The fourth-order valence-electron chi connectivity index (χ4n) is 3.36. The molecule has 1 aliphatic rings. The molecule has 2 aromatic carbocycles. The SMILES string of the molecule is CCCOc1ccc(N2C(=O)C[C@@H](Nc3ccc(NC(=O)CC(C)C)cc3)C2=O)cc1. The van der Waals surface area contributed by atoms with Crippen LogP contribution >= 0.6 is 0 Å². The Labute approximate surface area is 182 Å². The summed E-state index contributed by atoms with van der Waals surface area (Å²) >= 11 is 0. The molecule has 0 unspecified atom stereocenters. The third kappa shape index (κ3) is 5.84. The van der Waals surface area contributed by atoms with E-state index in [1.54, 1.807) is 48.5 Å². The van der Waals surface area contributed by atoms with Crippen LogP contribution in [0.15, 0.2) is 48.5 Å². The average Bonchev–Trinajstić information content (AvgIpc) is 3.00. The van der Waals surface area contributed by atoms with Gasteiger partial charge in [0.2, 0.25) is 11.8 Å². The molecule has 31 heavy (non-hydrogen) atoms. The van der Waals surface area contributed by atoms with Gasteiger partial charge in [0, 0.05) is 17.8 Å². The number of nitrogens with one attached hydrogen (secondary N) is 2. The number of carbonyl (C=O) groups is 3. The van der Waals surface area contributed by atoms with E-state index in [1.807, 2.05) is 20.8 Å². The zero-order chi connectivity index (χ0) is 22.4. The van der Waals surface area contributed by atoms with Gasteiger partial charge in [0.05, 0.1) is 18.7 Å². The second kappa shape index (κ2) is 10.1. The van der Waals surface area contributed by atoms with E-state index in [4.69, 9.17) is 4.74 Å². The lowest BCUT2D eigenvalue weighted by atomic mass is 10.1. The van der Waals surface area contributed by atoms with Crippen LogP contribution in [0.1, 0.15) is 40.0 Å². The third-order valence-electron chi connectivity index (χ3n) is 4.82. The van der Waals surface area contributed by atoms with Gasteiger partial charge in [-0.2, -0.15) is 0 Å². The highest BCUT2D eigenvalue weighted by Gasteiger charge is 2.39. The standard InChI is InChI=1S/C24H29N3O4/c1-4-13-31-20-11-9-19(10-12-20)27-23(29)15-21(24(27)30)25-17-5-7-18(8-6-17)26-22(28)14-16(2)3/h5-12,16,21,25H,4,13-15H2,1-3H3,(H,26,28)/t21-/m1/s1. The van der Waals surface area contributed by atoms with Crippen molar-refractivity contribution in [1.29, 1.82) is 0 Å². The molecule has 0 saturated carbocycles. The zero-order valence-electron chi connectivity index (χ0n) is 18.2. The van der Waals surface area contributed by atoms with E-state index in [2.05, 4.69) is 10.6 Å². The van der Waals surface area contributed by atoms with Gasteiger partial charge < -0.3 is 15.4 Å². The Balaban J connectivity index is 1.61. The van der Waals surface area contributed by atoms with Gasteiger partial charge in [-0.05, 0) is 60.9 Å². The lowest BCUT2D eigenvalue weighted by Gasteiger charge is -2.17. The van der Waals surface area contributed by atoms with E-state index < -0.39 is 6.04 Å². The number of nitrogens with zero attached hydrogens (tertiary/aromatic N) is 1. The molecule has 7 heteroatoms. The Bertz CT molecular complexity index is 923. The van der Waals surface area contributed by atoms with Crippen molar-refractivity contribution in [3.63, 3.8) is 0 Å². The Hall–Kier alpha value is -3.35. The number of carbonyl (C=O) groups excluding carboxylic acids is 3. The predicted molar refractivity (Wildman–Crippen MR) is 121 cm³/mol. The van der Waals surface area contributed by atoms with E-state index in [1.165, 1.54) is 4.90 Å². The maximum Gasteiger partial charge on any atom is 0.256 e. The Morgan fingerprint density at radius 1 is 1.06 bits per heavy atom. The summed E-state index contributed by atoms with van der Waals surface area (Å²) in [7, 11) is 0. The van der Waals surface area contributed by atoms with Crippen molar-refractivity contribution >= 4 is 34.8 Å². The molecule has 0 spiro atoms. The second-order valence-corrected chi connectivity index (χ2v) is 8.03. The number of ether oxygens (including phenoxy) is 1. The predicted octanol–water partition coefficient (Wildman–Crippen LogP) is 4.20. The van der Waals surface area contributed by atoms with Crippen molar-refractivity contribution in [2.45, 2.75) is 46.1 Å². The monoisotopic (exact) mass is 423 g/mol. The van der Waals surface area contributed by atoms with Gasteiger partial charge in [-0.25, -0.2) is 4.90 Å². The average molecular weight is 424 g/mol. The quantitative estimate of drug-likeness (QED) is 0.590. The molecular weight excluding hydrogens is 394 g/mol. The lowest BCUT2D eigenvalue weighted by Crippen LogP contribution is -2.34. The van der Waals surface area contributed by atoms with Gasteiger partial charge in [-0.15, -0.1) is 0 Å². The van der Waals surface area contributed by atoms with Crippen LogP contribution in [-0.4, -0.2) is 30.4 Å². The Morgan fingerprint density at radius 2 is 1.71 bits per heavy atom. The molecule has 3 rings (SSSR count). The number of hydrogen-bond acceptors (Lipinski definition) is 5. The molecule has 1 atom stereocenters. The molecule has 2 aromatic rings. The largest absolute Gasteiger partial charge is 0.494 e. The number of benzene rings is 2. The molecule has 7 nitrogen and oxygen atoms in total. The van der Waals surface area contributed by atoms with E-state index in [9.17, 15) is 14.4 Å². The van der Waals surface area contributed by atoms with Gasteiger partial charge in [0.25, 0.3) is 5.91 Å². The van der Waals surface area contributed by atoms with Crippen molar-refractivity contribution in [3.05, 3.63) is 48.5 Å². The number of rotatable bonds is 9. The highest BCUT2D eigenvalue weighted by atomic mass is 16.5.